The van der Waals surface area contributed by atoms with Gasteiger partial charge in [-0.3, -0.25) is 0 Å². The molecule has 1 saturated heterocycles. The van der Waals surface area contributed by atoms with Gasteiger partial charge < -0.3 is 5.11 Å². The van der Waals surface area contributed by atoms with Crippen molar-refractivity contribution < 1.29 is 13.5 Å². The van der Waals surface area contributed by atoms with Crippen LogP contribution in [0.5, 0.6) is 0 Å². The second kappa shape index (κ2) is 5.77. The lowest BCUT2D eigenvalue weighted by Crippen LogP contribution is -2.32. The summed E-state index contributed by atoms with van der Waals surface area (Å²) < 4.78 is 26.2. The van der Waals surface area contributed by atoms with Crippen LogP contribution in [-0.2, 0) is 16.6 Å². The lowest BCUT2D eigenvalue weighted by Gasteiger charge is -2.19. The normalized spacial score (nSPS) is 18.5. The Morgan fingerprint density at radius 1 is 1.17 bits per heavy atom. The Morgan fingerprint density at radius 2 is 1.83 bits per heavy atom. The summed E-state index contributed by atoms with van der Waals surface area (Å²) in [6, 6.07) is 3.06. The highest BCUT2D eigenvalue weighted by molar-refractivity contribution is 7.89. The Bertz CT molecular complexity index is 477. The van der Waals surface area contributed by atoms with E-state index < -0.39 is 10.0 Å². The Hall–Kier alpha value is -0.980. The molecule has 0 amide bonds. The van der Waals surface area contributed by atoms with E-state index in [2.05, 4.69) is 4.98 Å². The summed E-state index contributed by atoms with van der Waals surface area (Å²) in [6.45, 7) is 1.02. The van der Waals surface area contributed by atoms with Crippen molar-refractivity contribution in [3.63, 3.8) is 0 Å². The molecule has 0 radical (unpaired) electrons. The average molecular weight is 270 g/mol. The van der Waals surface area contributed by atoms with Crippen molar-refractivity contribution >= 4 is 10.0 Å². The van der Waals surface area contributed by atoms with Crippen LogP contribution in [0.1, 0.15) is 31.2 Å². The summed E-state index contributed by atoms with van der Waals surface area (Å²) in [7, 11) is -3.47. The minimum atomic E-state index is -3.47. The van der Waals surface area contributed by atoms with Gasteiger partial charge in [0, 0.05) is 19.3 Å². The van der Waals surface area contributed by atoms with Crippen LogP contribution >= 0.6 is 0 Å². The first-order valence-electron chi connectivity index (χ1n) is 6.20. The highest BCUT2D eigenvalue weighted by atomic mass is 32.2. The molecule has 1 aliphatic heterocycles. The monoisotopic (exact) mass is 270 g/mol. The van der Waals surface area contributed by atoms with Gasteiger partial charge in [-0.25, -0.2) is 13.4 Å². The fraction of sp³-hybridized carbons (Fsp3) is 0.583. The number of nitrogens with zero attached hydrogens (tertiary/aromatic N) is 2. The number of pyridine rings is 1. The zero-order valence-corrected chi connectivity index (χ0v) is 11.1. The maximum Gasteiger partial charge on any atom is 0.260 e. The summed E-state index contributed by atoms with van der Waals surface area (Å²) in [5.74, 6) is 0. The van der Waals surface area contributed by atoms with E-state index in [1.807, 2.05) is 0 Å². The van der Waals surface area contributed by atoms with Gasteiger partial charge in [0.1, 0.15) is 0 Å². The third-order valence-electron chi connectivity index (χ3n) is 3.15. The van der Waals surface area contributed by atoms with Crippen LogP contribution in [0.3, 0.4) is 0 Å². The number of aromatic nitrogens is 1. The molecule has 0 unspecified atom stereocenters. The number of aliphatic hydroxyl groups is 1. The van der Waals surface area contributed by atoms with E-state index >= 15 is 0 Å². The molecule has 0 aromatic carbocycles. The first-order chi connectivity index (χ1) is 8.64. The van der Waals surface area contributed by atoms with Gasteiger partial charge in [-0.15, -0.1) is 0 Å². The minimum Gasteiger partial charge on any atom is -0.392 e. The molecular formula is C12H18N2O3S. The van der Waals surface area contributed by atoms with E-state index in [1.165, 1.54) is 16.6 Å². The van der Waals surface area contributed by atoms with Crippen molar-refractivity contribution in [2.45, 2.75) is 37.3 Å². The zero-order chi connectivity index (χ0) is 13.0. The van der Waals surface area contributed by atoms with E-state index in [0.29, 0.717) is 18.7 Å². The number of aliphatic hydroxyl groups excluding tert-OH is 1. The van der Waals surface area contributed by atoms with Crippen LogP contribution in [0, 0.1) is 0 Å². The van der Waals surface area contributed by atoms with E-state index in [-0.39, 0.29) is 11.6 Å². The van der Waals surface area contributed by atoms with Gasteiger partial charge in [-0.2, -0.15) is 4.31 Å². The maximum atomic E-state index is 12.3. The van der Waals surface area contributed by atoms with Gasteiger partial charge >= 0.3 is 0 Å². The minimum absolute atomic E-state index is 0.0709. The molecule has 1 aromatic heterocycles. The van der Waals surface area contributed by atoms with Gasteiger partial charge in [0.15, 0.2) is 5.03 Å². The molecular weight excluding hydrogens is 252 g/mol. The summed E-state index contributed by atoms with van der Waals surface area (Å²) in [5.41, 5.74) is 0.616. The van der Waals surface area contributed by atoms with Crippen molar-refractivity contribution in [2.24, 2.45) is 0 Å². The van der Waals surface area contributed by atoms with Crippen LogP contribution in [0.25, 0.3) is 0 Å². The van der Waals surface area contributed by atoms with E-state index in [0.717, 1.165) is 25.7 Å². The SMILES string of the molecule is O=S(=O)(c1ccc(CO)cn1)N1CCCCCC1. The van der Waals surface area contributed by atoms with Crippen LogP contribution in [0.15, 0.2) is 23.4 Å². The maximum absolute atomic E-state index is 12.3. The molecule has 0 spiro atoms. The molecule has 100 valence electrons. The fourth-order valence-corrected chi connectivity index (χ4v) is 3.50. The van der Waals surface area contributed by atoms with Crippen molar-refractivity contribution in [1.82, 2.24) is 9.29 Å². The number of hydrogen-bond donors (Lipinski definition) is 1. The Morgan fingerprint density at radius 3 is 2.33 bits per heavy atom. The largest absolute Gasteiger partial charge is 0.392 e. The molecule has 0 bridgehead atoms. The highest BCUT2D eigenvalue weighted by Crippen LogP contribution is 2.18. The first kappa shape index (κ1) is 13.5. The Balaban J connectivity index is 2.22. The molecule has 1 fully saturated rings. The molecule has 1 N–H and O–H groups in total. The number of sulfonamides is 1. The number of rotatable bonds is 3. The molecule has 0 atom stereocenters. The van der Waals surface area contributed by atoms with Crippen LogP contribution in [0.4, 0.5) is 0 Å². The highest BCUT2D eigenvalue weighted by Gasteiger charge is 2.26. The smallest absolute Gasteiger partial charge is 0.260 e. The summed E-state index contributed by atoms with van der Waals surface area (Å²) in [6.07, 6.45) is 5.40. The summed E-state index contributed by atoms with van der Waals surface area (Å²) >= 11 is 0. The van der Waals surface area contributed by atoms with Gasteiger partial charge in [0.25, 0.3) is 10.0 Å². The number of hydrogen-bond acceptors (Lipinski definition) is 4. The van der Waals surface area contributed by atoms with E-state index in [4.69, 9.17) is 5.11 Å². The predicted octanol–water partition coefficient (Wildman–Crippen LogP) is 1.14. The van der Waals surface area contributed by atoms with Crippen LogP contribution < -0.4 is 0 Å². The molecule has 18 heavy (non-hydrogen) atoms. The van der Waals surface area contributed by atoms with Crippen molar-refractivity contribution in [1.29, 1.82) is 0 Å². The van der Waals surface area contributed by atoms with Gasteiger partial charge in [-0.05, 0) is 24.5 Å². The quantitative estimate of drug-likeness (QED) is 0.894. The molecule has 0 saturated carbocycles. The molecule has 5 nitrogen and oxygen atoms in total. The van der Waals surface area contributed by atoms with Gasteiger partial charge in [-0.1, -0.05) is 18.9 Å². The molecule has 0 aliphatic carbocycles. The summed E-state index contributed by atoms with van der Waals surface area (Å²) in [5, 5.41) is 8.99. The average Bonchev–Trinajstić information content (AvgIpc) is 2.68. The first-order valence-corrected chi connectivity index (χ1v) is 7.64. The summed E-state index contributed by atoms with van der Waals surface area (Å²) in [4.78, 5) is 3.94. The Labute approximate surface area is 108 Å². The van der Waals surface area contributed by atoms with Gasteiger partial charge in [0.2, 0.25) is 0 Å². The lowest BCUT2D eigenvalue weighted by atomic mass is 10.2. The molecule has 6 heteroatoms. The zero-order valence-electron chi connectivity index (χ0n) is 10.2. The van der Waals surface area contributed by atoms with Crippen LogP contribution in [-0.4, -0.2) is 35.9 Å². The molecule has 1 aromatic rings. The van der Waals surface area contributed by atoms with Crippen molar-refractivity contribution in [3.8, 4) is 0 Å². The van der Waals surface area contributed by atoms with Crippen LogP contribution in [0.2, 0.25) is 0 Å². The lowest BCUT2D eigenvalue weighted by molar-refractivity contribution is 0.281. The second-order valence-electron chi connectivity index (χ2n) is 4.48. The van der Waals surface area contributed by atoms with Crippen molar-refractivity contribution in [2.75, 3.05) is 13.1 Å². The third kappa shape index (κ3) is 2.88. The standard InChI is InChI=1S/C12H18N2O3S/c15-10-11-5-6-12(13-9-11)18(16,17)14-7-3-1-2-4-8-14/h5-6,9,15H,1-4,7-8,10H2. The van der Waals surface area contributed by atoms with Crippen molar-refractivity contribution in [3.05, 3.63) is 23.9 Å². The third-order valence-corrected chi connectivity index (χ3v) is 4.96. The topological polar surface area (TPSA) is 70.5 Å². The van der Waals surface area contributed by atoms with Gasteiger partial charge in [0.05, 0.1) is 6.61 Å². The predicted molar refractivity (Wildman–Crippen MR) is 67.4 cm³/mol. The molecule has 2 heterocycles. The molecule has 1 aliphatic rings. The Kier molecular flexibility index (Phi) is 4.31. The fourth-order valence-electron chi connectivity index (χ4n) is 2.07. The van der Waals surface area contributed by atoms with E-state index in [1.54, 1.807) is 6.07 Å². The van der Waals surface area contributed by atoms with E-state index in [9.17, 15) is 8.42 Å². The molecule has 2 rings (SSSR count). The second-order valence-corrected chi connectivity index (χ2v) is 6.37.